The third-order valence-electron chi connectivity index (χ3n) is 2.35. The van der Waals surface area contributed by atoms with Gasteiger partial charge < -0.3 is 11.1 Å². The number of carbonyl (C=O) groups excluding carboxylic acids is 1. The molecule has 6 nitrogen and oxygen atoms in total. The predicted octanol–water partition coefficient (Wildman–Crippen LogP) is 1.26. The summed E-state index contributed by atoms with van der Waals surface area (Å²) in [6.45, 7) is 4.34. The van der Waals surface area contributed by atoms with Crippen LogP contribution in [-0.2, 0) is 4.79 Å². The molecular formula is C11H17BrN4O2. The van der Waals surface area contributed by atoms with Gasteiger partial charge in [-0.2, -0.15) is 5.10 Å². The van der Waals surface area contributed by atoms with Crippen molar-refractivity contribution in [3.8, 4) is 0 Å². The van der Waals surface area contributed by atoms with Crippen LogP contribution in [0.2, 0.25) is 0 Å². The van der Waals surface area contributed by atoms with Gasteiger partial charge >= 0.3 is 0 Å². The Kier molecular flexibility index (Phi) is 5.33. The van der Waals surface area contributed by atoms with E-state index < -0.39 is 0 Å². The molecule has 18 heavy (non-hydrogen) atoms. The van der Waals surface area contributed by atoms with Crippen molar-refractivity contribution in [3.63, 3.8) is 0 Å². The molecule has 0 unspecified atom stereocenters. The maximum atomic E-state index is 11.9. The second-order valence-corrected chi connectivity index (χ2v) is 5.01. The summed E-state index contributed by atoms with van der Waals surface area (Å²) in [6, 6.07) is 0.0118. The molecule has 0 aliphatic carbocycles. The highest BCUT2D eigenvalue weighted by Gasteiger charge is 2.10. The Morgan fingerprint density at radius 3 is 2.83 bits per heavy atom. The highest BCUT2D eigenvalue weighted by atomic mass is 79.9. The van der Waals surface area contributed by atoms with Crippen molar-refractivity contribution in [1.29, 1.82) is 0 Å². The summed E-state index contributed by atoms with van der Waals surface area (Å²) in [6.07, 6.45) is 2.53. The van der Waals surface area contributed by atoms with Crippen molar-refractivity contribution in [3.05, 3.63) is 21.0 Å². The minimum absolute atomic E-state index is 0.0118. The number of amides is 1. The van der Waals surface area contributed by atoms with E-state index >= 15 is 0 Å². The van der Waals surface area contributed by atoms with Crippen LogP contribution in [0.15, 0.2) is 15.5 Å². The van der Waals surface area contributed by atoms with Crippen molar-refractivity contribution >= 4 is 27.5 Å². The minimum Gasteiger partial charge on any atom is -0.383 e. The first kappa shape index (κ1) is 14.7. The Morgan fingerprint density at radius 1 is 1.61 bits per heavy atom. The number of anilines is 1. The van der Waals surface area contributed by atoms with Crippen molar-refractivity contribution in [1.82, 2.24) is 9.78 Å². The van der Waals surface area contributed by atoms with Gasteiger partial charge in [0.05, 0.1) is 17.9 Å². The van der Waals surface area contributed by atoms with Crippen LogP contribution in [0, 0.1) is 0 Å². The van der Waals surface area contributed by atoms with Gasteiger partial charge in [-0.1, -0.05) is 0 Å². The lowest BCUT2D eigenvalue weighted by Crippen LogP contribution is -2.26. The maximum absolute atomic E-state index is 11.9. The van der Waals surface area contributed by atoms with Crippen molar-refractivity contribution < 1.29 is 4.79 Å². The van der Waals surface area contributed by atoms with Gasteiger partial charge in [-0.05, 0) is 36.2 Å². The van der Waals surface area contributed by atoms with Gasteiger partial charge in [0.15, 0.2) is 0 Å². The Labute approximate surface area is 114 Å². The average Bonchev–Trinajstić information content (AvgIpc) is 2.29. The highest BCUT2D eigenvalue weighted by Crippen LogP contribution is 2.17. The first-order chi connectivity index (χ1) is 8.43. The fourth-order valence-electron chi connectivity index (χ4n) is 1.42. The molecule has 3 N–H and O–H groups in total. The molecule has 0 atom stereocenters. The van der Waals surface area contributed by atoms with Crippen LogP contribution in [0.5, 0.6) is 0 Å². The van der Waals surface area contributed by atoms with Crippen LogP contribution in [0.4, 0.5) is 5.69 Å². The van der Waals surface area contributed by atoms with Gasteiger partial charge in [0.1, 0.15) is 4.47 Å². The van der Waals surface area contributed by atoms with E-state index in [-0.39, 0.29) is 17.5 Å². The van der Waals surface area contributed by atoms with Crippen LogP contribution in [0.25, 0.3) is 0 Å². The molecule has 1 aromatic heterocycles. The van der Waals surface area contributed by atoms with E-state index in [0.29, 0.717) is 29.5 Å². The molecule has 0 aliphatic heterocycles. The van der Waals surface area contributed by atoms with Gasteiger partial charge in [-0.25, -0.2) is 4.68 Å². The quantitative estimate of drug-likeness (QED) is 0.773. The minimum atomic E-state index is -0.329. The number of hydrogen-bond donors (Lipinski definition) is 2. The van der Waals surface area contributed by atoms with E-state index in [1.807, 2.05) is 13.8 Å². The number of hydrogen-bond acceptors (Lipinski definition) is 4. The normalized spacial score (nSPS) is 10.7. The third-order valence-corrected chi connectivity index (χ3v) is 3.11. The zero-order valence-corrected chi connectivity index (χ0v) is 12.0. The van der Waals surface area contributed by atoms with Gasteiger partial charge in [0, 0.05) is 13.0 Å². The third kappa shape index (κ3) is 3.83. The summed E-state index contributed by atoms with van der Waals surface area (Å²) in [5.41, 5.74) is 5.49. The van der Waals surface area contributed by atoms with Crippen LogP contribution in [-0.4, -0.2) is 22.2 Å². The second-order valence-electron chi connectivity index (χ2n) is 4.21. The summed E-state index contributed by atoms with van der Waals surface area (Å²) in [4.78, 5) is 22.5. The summed E-state index contributed by atoms with van der Waals surface area (Å²) in [5, 5.41) is 7.12. The number of aromatic nitrogens is 2. The topological polar surface area (TPSA) is 90.0 Å². The monoisotopic (exact) mass is 316 g/mol. The van der Waals surface area contributed by atoms with Crippen LogP contribution >= 0.6 is 15.9 Å². The molecule has 7 heteroatoms. The van der Waals surface area contributed by atoms with E-state index in [9.17, 15) is 9.59 Å². The number of halogens is 1. The zero-order valence-electron chi connectivity index (χ0n) is 10.4. The summed E-state index contributed by atoms with van der Waals surface area (Å²) in [7, 11) is 0. The van der Waals surface area contributed by atoms with Crippen molar-refractivity contribution in [2.24, 2.45) is 5.73 Å². The van der Waals surface area contributed by atoms with E-state index in [2.05, 4.69) is 26.3 Å². The molecule has 1 aromatic rings. The van der Waals surface area contributed by atoms with Crippen molar-refractivity contribution in [2.45, 2.75) is 32.7 Å². The fourth-order valence-corrected chi connectivity index (χ4v) is 1.85. The lowest BCUT2D eigenvalue weighted by molar-refractivity contribution is -0.118. The largest absolute Gasteiger partial charge is 0.383 e. The Bertz CT molecular complexity index is 484. The molecule has 1 amide bonds. The lowest BCUT2D eigenvalue weighted by atomic mass is 10.3. The summed E-state index contributed by atoms with van der Waals surface area (Å²) in [5.74, 6) is -0.329. The van der Waals surface area contributed by atoms with Gasteiger partial charge in [0.2, 0.25) is 5.91 Å². The molecule has 0 fully saturated rings. The van der Waals surface area contributed by atoms with E-state index in [4.69, 9.17) is 5.73 Å². The first-order valence-corrected chi connectivity index (χ1v) is 6.52. The maximum Gasteiger partial charge on any atom is 0.283 e. The standard InChI is InChI=1S/C11H17BrN4O2/c1-7(2)16-11(18)10(12)8(6-15-16)14-5-3-4-9(13)17/h6-7,14H,3-5H2,1-2H3,(H2,13,17). The first-order valence-electron chi connectivity index (χ1n) is 5.73. The SMILES string of the molecule is CC(C)n1ncc(NCCCC(N)=O)c(Br)c1=O. The van der Waals surface area contributed by atoms with E-state index in [0.717, 1.165) is 0 Å². The Balaban J connectivity index is 2.71. The smallest absolute Gasteiger partial charge is 0.283 e. The fraction of sp³-hybridized carbons (Fsp3) is 0.545. The molecule has 100 valence electrons. The van der Waals surface area contributed by atoms with E-state index in [1.54, 1.807) is 6.20 Å². The molecule has 0 bridgehead atoms. The molecule has 1 rings (SSSR count). The molecule has 1 heterocycles. The molecule has 0 aliphatic rings. The number of primary amides is 1. The number of nitrogens with one attached hydrogen (secondary N) is 1. The van der Waals surface area contributed by atoms with E-state index in [1.165, 1.54) is 4.68 Å². The van der Waals surface area contributed by atoms with Crippen molar-refractivity contribution in [2.75, 3.05) is 11.9 Å². The van der Waals surface area contributed by atoms with Crippen LogP contribution in [0.1, 0.15) is 32.7 Å². The van der Waals surface area contributed by atoms with Gasteiger partial charge in [-0.3, -0.25) is 9.59 Å². The van der Waals surface area contributed by atoms with Crippen LogP contribution in [0.3, 0.4) is 0 Å². The number of carbonyl (C=O) groups is 1. The molecule has 0 aromatic carbocycles. The molecule has 0 saturated heterocycles. The van der Waals surface area contributed by atoms with Crippen LogP contribution < -0.4 is 16.6 Å². The van der Waals surface area contributed by atoms with Gasteiger partial charge in [0.25, 0.3) is 5.56 Å². The lowest BCUT2D eigenvalue weighted by Gasteiger charge is -2.12. The number of nitrogens with two attached hydrogens (primary N) is 1. The molecule has 0 saturated carbocycles. The molecule has 0 radical (unpaired) electrons. The average molecular weight is 317 g/mol. The molecule has 0 spiro atoms. The number of nitrogens with zero attached hydrogens (tertiary/aromatic N) is 2. The zero-order chi connectivity index (χ0) is 13.7. The Morgan fingerprint density at radius 2 is 2.28 bits per heavy atom. The highest BCUT2D eigenvalue weighted by molar-refractivity contribution is 9.10. The summed E-state index contributed by atoms with van der Waals surface area (Å²) < 4.78 is 1.85. The molecular weight excluding hydrogens is 300 g/mol. The Hall–Kier alpha value is -1.37. The van der Waals surface area contributed by atoms with Gasteiger partial charge in [-0.15, -0.1) is 0 Å². The predicted molar refractivity (Wildman–Crippen MR) is 73.5 cm³/mol. The number of rotatable bonds is 6. The second kappa shape index (κ2) is 6.53. The summed E-state index contributed by atoms with van der Waals surface area (Å²) >= 11 is 3.25.